The lowest BCUT2D eigenvalue weighted by molar-refractivity contribution is 0.997. The average Bonchev–Trinajstić information content (AvgIpc) is 3.05. The van der Waals surface area contributed by atoms with Crippen LogP contribution in [0.4, 0.5) is 0 Å². The highest BCUT2D eigenvalue weighted by Gasteiger charge is 2.12. The molecule has 2 heteroatoms. The smallest absolute Gasteiger partial charge is 0.111 e. The van der Waals surface area contributed by atoms with E-state index in [0.717, 1.165) is 30.8 Å². The van der Waals surface area contributed by atoms with E-state index in [-0.39, 0.29) is 0 Å². The minimum Gasteiger partial charge on any atom is -0.345 e. The molecule has 4 aromatic rings. The summed E-state index contributed by atoms with van der Waals surface area (Å²) >= 11 is 0. The van der Waals surface area contributed by atoms with Gasteiger partial charge in [-0.1, -0.05) is 91.0 Å². The Morgan fingerprint density at radius 3 is 1.54 bits per heavy atom. The first-order valence-electron chi connectivity index (χ1n) is 9.05. The van der Waals surface area contributed by atoms with Crippen molar-refractivity contribution in [2.75, 3.05) is 0 Å². The second-order valence-electron chi connectivity index (χ2n) is 6.60. The van der Waals surface area contributed by atoms with Crippen LogP contribution in [0.5, 0.6) is 0 Å². The maximum absolute atomic E-state index is 4.94. The molecule has 0 saturated carbocycles. The highest BCUT2D eigenvalue weighted by atomic mass is 14.9. The Bertz CT molecular complexity index is 882. The average molecular weight is 338 g/mol. The molecule has 2 nitrogen and oxygen atoms in total. The van der Waals surface area contributed by atoms with E-state index in [1.807, 2.05) is 6.07 Å². The molecule has 0 radical (unpaired) electrons. The van der Waals surface area contributed by atoms with Gasteiger partial charge in [0, 0.05) is 25.0 Å². The van der Waals surface area contributed by atoms with Crippen molar-refractivity contribution in [3.8, 4) is 0 Å². The Morgan fingerprint density at radius 2 is 1.00 bits per heavy atom. The maximum atomic E-state index is 4.94. The molecule has 0 fully saturated rings. The molecule has 3 aromatic carbocycles. The Kier molecular flexibility index (Phi) is 4.92. The summed E-state index contributed by atoms with van der Waals surface area (Å²) in [5, 5.41) is 0. The number of benzene rings is 3. The lowest BCUT2D eigenvalue weighted by Gasteiger charge is -2.03. The van der Waals surface area contributed by atoms with E-state index in [9.17, 15) is 0 Å². The Balaban J connectivity index is 1.63. The Labute approximate surface area is 154 Å². The van der Waals surface area contributed by atoms with Gasteiger partial charge in [-0.2, -0.15) is 0 Å². The van der Waals surface area contributed by atoms with Crippen molar-refractivity contribution in [1.29, 1.82) is 0 Å². The van der Waals surface area contributed by atoms with Gasteiger partial charge in [-0.25, -0.2) is 4.98 Å². The van der Waals surface area contributed by atoms with E-state index < -0.39 is 0 Å². The quantitative estimate of drug-likeness (QED) is 0.515. The summed E-state index contributed by atoms with van der Waals surface area (Å²) in [6.07, 6.45) is 2.57. The molecule has 0 bridgehead atoms. The minimum absolute atomic E-state index is 0.831. The zero-order valence-electron chi connectivity index (χ0n) is 14.7. The van der Waals surface area contributed by atoms with E-state index in [1.54, 1.807) is 0 Å². The van der Waals surface area contributed by atoms with Crippen molar-refractivity contribution < 1.29 is 0 Å². The molecule has 0 atom stereocenters. The number of rotatable bonds is 6. The van der Waals surface area contributed by atoms with Gasteiger partial charge in [0.1, 0.15) is 5.82 Å². The van der Waals surface area contributed by atoms with Crippen LogP contribution in [0.3, 0.4) is 0 Å². The van der Waals surface area contributed by atoms with E-state index in [4.69, 9.17) is 4.98 Å². The van der Waals surface area contributed by atoms with Crippen molar-refractivity contribution in [1.82, 2.24) is 9.97 Å². The van der Waals surface area contributed by atoms with Gasteiger partial charge in [0.05, 0.1) is 5.69 Å². The fourth-order valence-corrected chi connectivity index (χ4v) is 3.26. The topological polar surface area (TPSA) is 28.7 Å². The predicted octanol–water partition coefficient (Wildman–Crippen LogP) is 5.18. The normalized spacial score (nSPS) is 10.8. The molecule has 0 amide bonds. The summed E-state index contributed by atoms with van der Waals surface area (Å²) in [5.74, 6) is 1.04. The third-order valence-corrected chi connectivity index (χ3v) is 4.57. The van der Waals surface area contributed by atoms with E-state index in [0.29, 0.717) is 0 Å². The Hall–Kier alpha value is -3.13. The largest absolute Gasteiger partial charge is 0.345 e. The molecule has 0 aliphatic heterocycles. The van der Waals surface area contributed by atoms with Gasteiger partial charge in [0.25, 0.3) is 0 Å². The number of nitrogens with zero attached hydrogens (tertiary/aromatic N) is 1. The summed E-state index contributed by atoms with van der Waals surface area (Å²) in [6, 6.07) is 31.6. The van der Waals surface area contributed by atoms with Gasteiger partial charge >= 0.3 is 0 Å². The molecule has 4 rings (SSSR count). The van der Waals surface area contributed by atoms with Crippen LogP contribution in [-0.4, -0.2) is 9.97 Å². The first-order chi connectivity index (χ1) is 12.9. The van der Waals surface area contributed by atoms with Crippen LogP contribution in [0.25, 0.3) is 0 Å². The first kappa shape index (κ1) is 16.3. The highest BCUT2D eigenvalue weighted by Crippen LogP contribution is 2.18. The Morgan fingerprint density at radius 1 is 0.538 bits per heavy atom. The molecular formula is C24H22N2. The molecule has 0 aliphatic rings. The van der Waals surface area contributed by atoms with Crippen LogP contribution in [0.15, 0.2) is 91.0 Å². The van der Waals surface area contributed by atoms with Crippen molar-refractivity contribution in [3.63, 3.8) is 0 Å². The standard InChI is InChI=1S/C24H22N2/c1-4-10-19(11-5-1)16-22-23(17-20-12-6-2-7-13-20)26-24(25-22)18-21-14-8-3-9-15-21/h1-15H,16-18H2,(H,25,26). The number of imidazole rings is 1. The van der Waals surface area contributed by atoms with Gasteiger partial charge in [-0.3, -0.25) is 0 Å². The number of H-pyrrole nitrogens is 1. The molecule has 128 valence electrons. The van der Waals surface area contributed by atoms with Crippen LogP contribution in [0, 0.1) is 0 Å². The summed E-state index contributed by atoms with van der Waals surface area (Å²) < 4.78 is 0. The summed E-state index contributed by atoms with van der Waals surface area (Å²) in [7, 11) is 0. The molecule has 0 spiro atoms. The van der Waals surface area contributed by atoms with Gasteiger partial charge in [-0.05, 0) is 16.7 Å². The van der Waals surface area contributed by atoms with Crippen molar-refractivity contribution >= 4 is 0 Å². The maximum Gasteiger partial charge on any atom is 0.111 e. The monoisotopic (exact) mass is 338 g/mol. The van der Waals surface area contributed by atoms with E-state index in [1.165, 1.54) is 22.4 Å². The lowest BCUT2D eigenvalue weighted by atomic mass is 10.0. The molecule has 1 heterocycles. The minimum atomic E-state index is 0.831. The van der Waals surface area contributed by atoms with Gasteiger partial charge < -0.3 is 4.98 Å². The molecule has 0 unspecified atom stereocenters. The summed E-state index contributed by atoms with van der Waals surface area (Å²) in [5.41, 5.74) is 6.23. The summed E-state index contributed by atoms with van der Waals surface area (Å²) in [4.78, 5) is 8.53. The van der Waals surface area contributed by atoms with E-state index >= 15 is 0 Å². The van der Waals surface area contributed by atoms with Crippen LogP contribution in [0.1, 0.15) is 33.9 Å². The fraction of sp³-hybridized carbons (Fsp3) is 0.125. The molecule has 0 aliphatic carbocycles. The number of aromatic amines is 1. The molecule has 1 N–H and O–H groups in total. The summed E-state index contributed by atoms with van der Waals surface area (Å²) in [6.45, 7) is 0. The van der Waals surface area contributed by atoms with Crippen molar-refractivity contribution in [2.45, 2.75) is 19.3 Å². The fourth-order valence-electron chi connectivity index (χ4n) is 3.26. The van der Waals surface area contributed by atoms with Crippen LogP contribution >= 0.6 is 0 Å². The van der Waals surface area contributed by atoms with Gasteiger partial charge in [0.15, 0.2) is 0 Å². The van der Waals surface area contributed by atoms with Crippen LogP contribution in [-0.2, 0) is 19.3 Å². The number of hydrogen-bond donors (Lipinski definition) is 1. The van der Waals surface area contributed by atoms with Crippen LogP contribution < -0.4 is 0 Å². The number of aromatic nitrogens is 2. The zero-order chi connectivity index (χ0) is 17.6. The number of hydrogen-bond acceptors (Lipinski definition) is 1. The third-order valence-electron chi connectivity index (χ3n) is 4.57. The SMILES string of the molecule is c1ccc(Cc2nc(Cc3ccccc3)c(Cc3ccccc3)[nH]2)cc1. The third kappa shape index (κ3) is 4.09. The molecular weight excluding hydrogens is 316 g/mol. The van der Waals surface area contributed by atoms with Crippen molar-refractivity contribution in [3.05, 3.63) is 125 Å². The van der Waals surface area contributed by atoms with Crippen LogP contribution in [0.2, 0.25) is 0 Å². The van der Waals surface area contributed by atoms with Gasteiger partial charge in [-0.15, -0.1) is 0 Å². The highest BCUT2D eigenvalue weighted by molar-refractivity contribution is 5.31. The lowest BCUT2D eigenvalue weighted by Crippen LogP contribution is -1.96. The van der Waals surface area contributed by atoms with Gasteiger partial charge in [0.2, 0.25) is 0 Å². The predicted molar refractivity (Wildman–Crippen MR) is 106 cm³/mol. The number of nitrogens with one attached hydrogen (secondary N) is 1. The van der Waals surface area contributed by atoms with E-state index in [2.05, 4.69) is 89.9 Å². The molecule has 26 heavy (non-hydrogen) atoms. The molecule has 0 saturated heterocycles. The van der Waals surface area contributed by atoms with Crippen molar-refractivity contribution in [2.24, 2.45) is 0 Å². The first-order valence-corrected chi connectivity index (χ1v) is 9.05. The second-order valence-corrected chi connectivity index (χ2v) is 6.60. The molecule has 1 aromatic heterocycles. The second kappa shape index (κ2) is 7.83. The zero-order valence-corrected chi connectivity index (χ0v) is 14.7.